The molecule has 0 atom stereocenters. The highest BCUT2D eigenvalue weighted by Crippen LogP contribution is 2.28. The summed E-state index contributed by atoms with van der Waals surface area (Å²) in [6, 6.07) is 14.8. The molecule has 0 spiro atoms. The number of hydrogen-bond acceptors (Lipinski definition) is 5. The first-order valence-electron chi connectivity index (χ1n) is 8.58. The Morgan fingerprint density at radius 1 is 1.07 bits per heavy atom. The highest BCUT2D eigenvalue weighted by molar-refractivity contribution is 5.89. The Hall–Kier alpha value is -3.28. The second kappa shape index (κ2) is 10.7. The van der Waals surface area contributed by atoms with Crippen LogP contribution in [0.4, 0.5) is 0 Å². The molecule has 0 radical (unpaired) electrons. The minimum Gasteiger partial charge on any atom is -0.493 e. The van der Waals surface area contributed by atoms with Crippen LogP contribution in [-0.4, -0.2) is 32.2 Å². The summed E-state index contributed by atoms with van der Waals surface area (Å²) in [4.78, 5) is 23.5. The van der Waals surface area contributed by atoms with Crippen LogP contribution in [-0.2, 0) is 20.9 Å². The van der Waals surface area contributed by atoms with Crippen LogP contribution in [0.1, 0.15) is 18.1 Å². The normalized spacial score (nSPS) is 10.4. The molecule has 2 aromatic carbocycles. The zero-order valence-electron chi connectivity index (χ0n) is 15.4. The zero-order valence-corrected chi connectivity index (χ0v) is 15.4. The Kier molecular flexibility index (Phi) is 7.91. The number of hydrogen-bond donors (Lipinski definition) is 1. The first-order chi connectivity index (χ1) is 13.1. The number of esters is 1. The van der Waals surface area contributed by atoms with Gasteiger partial charge in [-0.15, -0.1) is 0 Å². The average Bonchev–Trinajstić information content (AvgIpc) is 2.70. The maximum absolute atomic E-state index is 11.8. The van der Waals surface area contributed by atoms with Crippen molar-refractivity contribution in [3.63, 3.8) is 0 Å². The third-order valence-electron chi connectivity index (χ3n) is 3.58. The zero-order chi connectivity index (χ0) is 19.5. The van der Waals surface area contributed by atoms with Crippen LogP contribution in [0.2, 0.25) is 0 Å². The summed E-state index contributed by atoms with van der Waals surface area (Å²) in [5.41, 5.74) is 1.73. The second-order valence-electron chi connectivity index (χ2n) is 5.55. The summed E-state index contributed by atoms with van der Waals surface area (Å²) in [6.45, 7) is 2.44. The van der Waals surface area contributed by atoms with Crippen molar-refractivity contribution in [2.24, 2.45) is 0 Å². The molecule has 0 heterocycles. The first kappa shape index (κ1) is 20.0. The molecule has 1 N–H and O–H groups in total. The van der Waals surface area contributed by atoms with Crippen LogP contribution in [0.25, 0.3) is 6.08 Å². The van der Waals surface area contributed by atoms with Gasteiger partial charge in [0.1, 0.15) is 0 Å². The molecule has 0 saturated carbocycles. The molecule has 6 heteroatoms. The smallest absolute Gasteiger partial charge is 0.331 e. The fourth-order valence-electron chi connectivity index (χ4n) is 2.26. The molecule has 0 saturated heterocycles. The van der Waals surface area contributed by atoms with E-state index in [1.54, 1.807) is 31.4 Å². The van der Waals surface area contributed by atoms with Gasteiger partial charge >= 0.3 is 5.97 Å². The lowest BCUT2D eigenvalue weighted by Crippen LogP contribution is -2.28. The van der Waals surface area contributed by atoms with Crippen molar-refractivity contribution >= 4 is 18.0 Å². The molecule has 0 fully saturated rings. The van der Waals surface area contributed by atoms with Crippen LogP contribution >= 0.6 is 0 Å². The third kappa shape index (κ3) is 6.86. The van der Waals surface area contributed by atoms with E-state index in [0.29, 0.717) is 24.7 Å². The maximum Gasteiger partial charge on any atom is 0.331 e. The van der Waals surface area contributed by atoms with Gasteiger partial charge < -0.3 is 19.5 Å². The Morgan fingerprint density at radius 3 is 2.56 bits per heavy atom. The van der Waals surface area contributed by atoms with Crippen LogP contribution < -0.4 is 14.8 Å². The van der Waals surface area contributed by atoms with Gasteiger partial charge in [0.25, 0.3) is 5.91 Å². The van der Waals surface area contributed by atoms with Crippen LogP contribution in [0, 0.1) is 0 Å². The van der Waals surface area contributed by atoms with E-state index >= 15 is 0 Å². The van der Waals surface area contributed by atoms with Crippen molar-refractivity contribution in [2.45, 2.75) is 13.5 Å². The maximum atomic E-state index is 11.8. The van der Waals surface area contributed by atoms with Crippen LogP contribution in [0.3, 0.4) is 0 Å². The Morgan fingerprint density at radius 2 is 1.85 bits per heavy atom. The fraction of sp³-hybridized carbons (Fsp3) is 0.238. The lowest BCUT2D eigenvalue weighted by Gasteiger charge is -2.09. The van der Waals surface area contributed by atoms with Crippen molar-refractivity contribution in [3.8, 4) is 11.5 Å². The van der Waals surface area contributed by atoms with Gasteiger partial charge in [-0.05, 0) is 36.3 Å². The summed E-state index contributed by atoms with van der Waals surface area (Å²) in [6.07, 6.45) is 2.86. The quantitative estimate of drug-likeness (QED) is 0.543. The van der Waals surface area contributed by atoms with Crippen molar-refractivity contribution in [2.75, 3.05) is 20.3 Å². The molecular formula is C21H23NO5. The van der Waals surface area contributed by atoms with Crippen LogP contribution in [0.5, 0.6) is 11.5 Å². The SMILES string of the molecule is CCOc1cc(/C=C/C(=O)OCC(=O)NCc2ccccc2)ccc1OC. The van der Waals surface area contributed by atoms with Crippen molar-refractivity contribution < 1.29 is 23.8 Å². The largest absolute Gasteiger partial charge is 0.493 e. The number of rotatable bonds is 9. The Labute approximate surface area is 158 Å². The van der Waals surface area contributed by atoms with Gasteiger partial charge in [0.15, 0.2) is 18.1 Å². The van der Waals surface area contributed by atoms with Crippen molar-refractivity contribution in [1.82, 2.24) is 5.32 Å². The van der Waals surface area contributed by atoms with Gasteiger partial charge in [0.2, 0.25) is 0 Å². The lowest BCUT2D eigenvalue weighted by atomic mass is 10.2. The molecule has 6 nitrogen and oxygen atoms in total. The number of amides is 1. The fourth-order valence-corrected chi connectivity index (χ4v) is 2.26. The number of carbonyl (C=O) groups excluding carboxylic acids is 2. The molecule has 0 aliphatic carbocycles. The second-order valence-corrected chi connectivity index (χ2v) is 5.55. The van der Waals surface area contributed by atoms with E-state index in [9.17, 15) is 9.59 Å². The molecule has 0 aromatic heterocycles. The third-order valence-corrected chi connectivity index (χ3v) is 3.58. The number of benzene rings is 2. The molecule has 0 aliphatic heterocycles. The number of nitrogens with one attached hydrogen (secondary N) is 1. The number of carbonyl (C=O) groups is 2. The molecule has 27 heavy (non-hydrogen) atoms. The summed E-state index contributed by atoms with van der Waals surface area (Å²) in [5.74, 6) is 0.254. The molecule has 0 unspecified atom stereocenters. The van der Waals surface area contributed by atoms with Gasteiger partial charge in [-0.3, -0.25) is 4.79 Å². The first-order valence-corrected chi connectivity index (χ1v) is 8.58. The summed E-state index contributed by atoms with van der Waals surface area (Å²) >= 11 is 0. The van der Waals surface area contributed by atoms with E-state index in [0.717, 1.165) is 11.1 Å². The van der Waals surface area contributed by atoms with E-state index in [1.807, 2.05) is 37.3 Å². The minimum atomic E-state index is -0.598. The van der Waals surface area contributed by atoms with Gasteiger partial charge in [0.05, 0.1) is 13.7 Å². The highest BCUT2D eigenvalue weighted by Gasteiger charge is 2.06. The molecule has 2 aromatic rings. The summed E-state index contributed by atoms with van der Waals surface area (Å²) < 4.78 is 15.6. The lowest BCUT2D eigenvalue weighted by molar-refractivity contribution is -0.143. The minimum absolute atomic E-state index is 0.331. The summed E-state index contributed by atoms with van der Waals surface area (Å²) in [5, 5.41) is 2.69. The Bertz CT molecular complexity index is 786. The molecule has 0 aliphatic rings. The van der Waals surface area contributed by atoms with Crippen molar-refractivity contribution in [1.29, 1.82) is 0 Å². The van der Waals surface area contributed by atoms with Crippen LogP contribution in [0.15, 0.2) is 54.6 Å². The molecule has 142 valence electrons. The predicted octanol–water partition coefficient (Wildman–Crippen LogP) is 2.97. The molecule has 2 rings (SSSR count). The Balaban J connectivity index is 1.81. The highest BCUT2D eigenvalue weighted by atomic mass is 16.5. The van der Waals surface area contributed by atoms with Crippen molar-refractivity contribution in [3.05, 3.63) is 65.7 Å². The van der Waals surface area contributed by atoms with E-state index in [1.165, 1.54) is 6.08 Å². The number of methoxy groups -OCH3 is 1. The molecule has 1 amide bonds. The van der Waals surface area contributed by atoms with Gasteiger partial charge in [-0.2, -0.15) is 0 Å². The van der Waals surface area contributed by atoms with E-state index in [2.05, 4.69) is 5.32 Å². The monoisotopic (exact) mass is 369 g/mol. The van der Waals surface area contributed by atoms with E-state index in [4.69, 9.17) is 14.2 Å². The van der Waals surface area contributed by atoms with Gasteiger partial charge in [0, 0.05) is 12.6 Å². The topological polar surface area (TPSA) is 73.9 Å². The molecule has 0 bridgehead atoms. The van der Waals surface area contributed by atoms with Gasteiger partial charge in [-0.1, -0.05) is 36.4 Å². The summed E-state index contributed by atoms with van der Waals surface area (Å²) in [7, 11) is 1.56. The number of ether oxygens (including phenoxy) is 3. The van der Waals surface area contributed by atoms with E-state index < -0.39 is 5.97 Å². The average molecular weight is 369 g/mol. The molecular weight excluding hydrogens is 346 g/mol. The van der Waals surface area contributed by atoms with E-state index in [-0.39, 0.29) is 12.5 Å². The van der Waals surface area contributed by atoms with Gasteiger partial charge in [-0.25, -0.2) is 4.79 Å². The predicted molar refractivity (Wildman–Crippen MR) is 102 cm³/mol. The standard InChI is InChI=1S/C21H23NO5/c1-3-26-19-13-16(9-11-18(19)25-2)10-12-21(24)27-15-20(23)22-14-17-7-5-4-6-8-17/h4-13H,3,14-15H2,1-2H3,(H,22,23)/b12-10+.